The average Bonchev–Trinajstić information content (AvgIpc) is 3.31. The van der Waals surface area contributed by atoms with Crippen LogP contribution in [0.5, 0.6) is 5.75 Å². The molecule has 112 valence electrons. The first kappa shape index (κ1) is 13.9. The highest BCUT2D eigenvalue weighted by Gasteiger charge is 2.28. The Morgan fingerprint density at radius 3 is 3.00 bits per heavy atom. The van der Waals surface area contributed by atoms with E-state index in [4.69, 9.17) is 4.74 Å². The Kier molecular flexibility index (Phi) is 4.06. The lowest BCUT2D eigenvalue weighted by molar-refractivity contribution is -0.122. The first-order valence-electron chi connectivity index (χ1n) is 7.26. The molecule has 0 spiro atoms. The van der Waals surface area contributed by atoms with E-state index in [1.54, 1.807) is 0 Å². The van der Waals surface area contributed by atoms with Crippen LogP contribution < -0.4 is 20.7 Å². The molecule has 6 heteroatoms. The van der Waals surface area contributed by atoms with Crippen LogP contribution in [-0.2, 0) is 16.1 Å². The van der Waals surface area contributed by atoms with Gasteiger partial charge in [0.15, 0.2) is 6.61 Å². The number of carbonyl (C=O) groups excluding carboxylic acids is 2. The van der Waals surface area contributed by atoms with Gasteiger partial charge in [-0.1, -0.05) is 6.07 Å². The van der Waals surface area contributed by atoms with Gasteiger partial charge in [-0.3, -0.25) is 9.59 Å². The number of anilines is 1. The largest absolute Gasteiger partial charge is 0.482 e. The molecule has 0 bridgehead atoms. The Bertz CT molecular complexity index is 555. The minimum absolute atomic E-state index is 0.0747. The summed E-state index contributed by atoms with van der Waals surface area (Å²) in [5.41, 5.74) is 1.78. The number of nitrogens with one attached hydrogen (secondary N) is 3. The summed E-state index contributed by atoms with van der Waals surface area (Å²) in [7, 11) is 0. The number of hydrogen-bond donors (Lipinski definition) is 3. The zero-order valence-electron chi connectivity index (χ0n) is 11.8. The predicted molar refractivity (Wildman–Crippen MR) is 78.0 cm³/mol. The second-order valence-electron chi connectivity index (χ2n) is 5.41. The minimum atomic E-state index is -0.129. The van der Waals surface area contributed by atoms with Crippen LogP contribution in [0.25, 0.3) is 0 Å². The molecule has 3 N–H and O–H groups in total. The van der Waals surface area contributed by atoms with Crippen molar-refractivity contribution in [2.45, 2.75) is 19.4 Å². The van der Waals surface area contributed by atoms with Crippen molar-refractivity contribution >= 4 is 17.5 Å². The van der Waals surface area contributed by atoms with Crippen LogP contribution >= 0.6 is 0 Å². The molecule has 3 rings (SSSR count). The van der Waals surface area contributed by atoms with Gasteiger partial charge in [-0.25, -0.2) is 0 Å². The number of benzene rings is 1. The van der Waals surface area contributed by atoms with Crippen LogP contribution in [0.1, 0.15) is 18.4 Å². The van der Waals surface area contributed by atoms with Gasteiger partial charge >= 0.3 is 0 Å². The van der Waals surface area contributed by atoms with Gasteiger partial charge in [0.2, 0.25) is 5.91 Å². The fourth-order valence-corrected chi connectivity index (χ4v) is 2.24. The Morgan fingerprint density at radius 2 is 2.19 bits per heavy atom. The molecule has 1 aromatic rings. The van der Waals surface area contributed by atoms with Crippen molar-refractivity contribution in [1.29, 1.82) is 0 Å². The maximum Gasteiger partial charge on any atom is 0.262 e. The molecule has 1 aliphatic heterocycles. The molecule has 2 aliphatic rings. The van der Waals surface area contributed by atoms with E-state index in [-0.39, 0.29) is 24.3 Å². The number of fused-ring (bicyclic) bond motifs is 1. The highest BCUT2D eigenvalue weighted by Crippen LogP contribution is 2.29. The molecule has 1 fully saturated rings. The second kappa shape index (κ2) is 6.13. The lowest BCUT2D eigenvalue weighted by Gasteiger charge is -2.18. The van der Waals surface area contributed by atoms with Gasteiger partial charge < -0.3 is 20.7 Å². The van der Waals surface area contributed by atoms with Crippen LogP contribution in [0.15, 0.2) is 18.2 Å². The maximum atomic E-state index is 11.4. The molecule has 1 saturated carbocycles. The first-order chi connectivity index (χ1) is 10.2. The van der Waals surface area contributed by atoms with E-state index >= 15 is 0 Å². The van der Waals surface area contributed by atoms with Crippen molar-refractivity contribution in [3.05, 3.63) is 23.8 Å². The molecule has 0 aromatic heterocycles. The second-order valence-corrected chi connectivity index (χ2v) is 5.41. The zero-order chi connectivity index (χ0) is 14.7. The standard InChI is InChI=1S/C15H19N3O3/c19-14-9-21-13-4-1-10(7-12(13)18-14)8-16-5-6-17-15(20)11-2-3-11/h1,4,7,11,16H,2-3,5-6,8-9H2,(H,17,20)(H,18,19). The van der Waals surface area contributed by atoms with Crippen molar-refractivity contribution in [1.82, 2.24) is 10.6 Å². The van der Waals surface area contributed by atoms with Crippen LogP contribution in [0.3, 0.4) is 0 Å². The lowest BCUT2D eigenvalue weighted by Crippen LogP contribution is -2.32. The molecule has 0 atom stereocenters. The smallest absolute Gasteiger partial charge is 0.262 e. The molecule has 2 amide bonds. The van der Waals surface area contributed by atoms with E-state index in [1.807, 2.05) is 18.2 Å². The highest BCUT2D eigenvalue weighted by atomic mass is 16.5. The van der Waals surface area contributed by atoms with E-state index < -0.39 is 0 Å². The molecule has 1 aliphatic carbocycles. The fourth-order valence-electron chi connectivity index (χ4n) is 2.24. The van der Waals surface area contributed by atoms with Gasteiger partial charge in [0.05, 0.1) is 5.69 Å². The third kappa shape index (κ3) is 3.72. The molecular formula is C15H19N3O3. The lowest BCUT2D eigenvalue weighted by atomic mass is 10.1. The third-order valence-electron chi connectivity index (χ3n) is 3.56. The highest BCUT2D eigenvalue weighted by molar-refractivity contribution is 5.95. The molecule has 1 heterocycles. The fraction of sp³-hybridized carbons (Fsp3) is 0.467. The summed E-state index contributed by atoms with van der Waals surface area (Å²) in [4.78, 5) is 22.7. The summed E-state index contributed by atoms with van der Waals surface area (Å²) in [5, 5.41) is 8.96. The summed E-state index contributed by atoms with van der Waals surface area (Å²) in [6.45, 7) is 2.12. The van der Waals surface area contributed by atoms with Gasteiger partial charge in [-0.15, -0.1) is 0 Å². The van der Waals surface area contributed by atoms with E-state index in [2.05, 4.69) is 16.0 Å². The molecule has 6 nitrogen and oxygen atoms in total. The summed E-state index contributed by atoms with van der Waals surface area (Å²) in [6, 6.07) is 5.73. The molecule has 1 aromatic carbocycles. The monoisotopic (exact) mass is 289 g/mol. The quantitative estimate of drug-likeness (QED) is 0.671. The van der Waals surface area contributed by atoms with Gasteiger partial charge in [0.25, 0.3) is 5.91 Å². The average molecular weight is 289 g/mol. The van der Waals surface area contributed by atoms with Crippen molar-refractivity contribution in [3.63, 3.8) is 0 Å². The van der Waals surface area contributed by atoms with E-state index in [1.165, 1.54) is 0 Å². The normalized spacial score (nSPS) is 16.7. The predicted octanol–water partition coefficient (Wildman–Crippen LogP) is 0.633. The summed E-state index contributed by atoms with van der Waals surface area (Å²) in [5.74, 6) is 1.00. The molecule has 21 heavy (non-hydrogen) atoms. The number of rotatable bonds is 6. The number of carbonyl (C=O) groups is 2. The Labute approximate surface area is 123 Å². The van der Waals surface area contributed by atoms with Crippen LogP contribution in [0.2, 0.25) is 0 Å². The van der Waals surface area contributed by atoms with Crippen molar-refractivity contribution in [2.24, 2.45) is 5.92 Å². The third-order valence-corrected chi connectivity index (χ3v) is 3.56. The van der Waals surface area contributed by atoms with E-state index in [0.717, 1.165) is 24.9 Å². The Balaban J connectivity index is 1.41. The Morgan fingerprint density at radius 1 is 1.33 bits per heavy atom. The topological polar surface area (TPSA) is 79.5 Å². The van der Waals surface area contributed by atoms with Gasteiger partial charge in [0, 0.05) is 25.6 Å². The van der Waals surface area contributed by atoms with Crippen LogP contribution in [-0.4, -0.2) is 31.5 Å². The van der Waals surface area contributed by atoms with Gasteiger partial charge in [-0.2, -0.15) is 0 Å². The van der Waals surface area contributed by atoms with E-state index in [0.29, 0.717) is 24.5 Å². The van der Waals surface area contributed by atoms with Gasteiger partial charge in [0.1, 0.15) is 5.75 Å². The van der Waals surface area contributed by atoms with Crippen molar-refractivity contribution in [2.75, 3.05) is 25.0 Å². The number of ether oxygens (including phenoxy) is 1. The van der Waals surface area contributed by atoms with Crippen molar-refractivity contribution in [3.8, 4) is 5.75 Å². The zero-order valence-corrected chi connectivity index (χ0v) is 11.8. The number of hydrogen-bond acceptors (Lipinski definition) is 4. The summed E-state index contributed by atoms with van der Waals surface area (Å²) >= 11 is 0. The molecule has 0 unspecified atom stereocenters. The van der Waals surface area contributed by atoms with E-state index in [9.17, 15) is 9.59 Å². The minimum Gasteiger partial charge on any atom is -0.482 e. The van der Waals surface area contributed by atoms with Crippen LogP contribution in [0.4, 0.5) is 5.69 Å². The molecule has 0 saturated heterocycles. The Hall–Kier alpha value is -2.08. The van der Waals surface area contributed by atoms with Gasteiger partial charge in [-0.05, 0) is 30.5 Å². The van der Waals surface area contributed by atoms with Crippen LogP contribution in [0, 0.1) is 5.92 Å². The SMILES string of the molecule is O=C1COc2ccc(CNCCNC(=O)C3CC3)cc2N1. The number of amides is 2. The maximum absolute atomic E-state index is 11.4. The summed E-state index contributed by atoms with van der Waals surface area (Å²) < 4.78 is 5.31. The molecule has 0 radical (unpaired) electrons. The van der Waals surface area contributed by atoms with Crippen molar-refractivity contribution < 1.29 is 14.3 Å². The first-order valence-corrected chi connectivity index (χ1v) is 7.26. The molecular weight excluding hydrogens is 270 g/mol. The summed E-state index contributed by atoms with van der Waals surface area (Å²) in [6.07, 6.45) is 2.06.